The number of benzene rings is 2. The number of rotatable bonds is 1. The predicted octanol–water partition coefficient (Wildman–Crippen LogP) is 1.72. The van der Waals surface area contributed by atoms with Gasteiger partial charge >= 0.3 is 21.7 Å². The first-order valence-corrected chi connectivity index (χ1v) is 10.0. The fraction of sp³-hybridized carbons (Fsp3) is 0.0833. The van der Waals surface area contributed by atoms with Crippen molar-refractivity contribution in [2.75, 3.05) is 0 Å². The molecule has 0 bridgehead atoms. The van der Waals surface area contributed by atoms with Crippen LogP contribution in [0.3, 0.4) is 0 Å². The van der Waals surface area contributed by atoms with Crippen molar-refractivity contribution >= 4 is 28.8 Å². The maximum absolute atomic E-state index is 2.37. The van der Waals surface area contributed by atoms with E-state index in [1.807, 2.05) is 0 Å². The normalized spacial score (nSPS) is 10.3. The molecule has 5 rings (SSSR count). The van der Waals surface area contributed by atoms with Crippen molar-refractivity contribution in [1.29, 1.82) is 0 Å². The van der Waals surface area contributed by atoms with E-state index in [-0.39, 0.29) is 54.1 Å². The quantitative estimate of drug-likeness (QED) is 0.265. The zero-order valence-electron chi connectivity index (χ0n) is 15.9. The maximum atomic E-state index is 2.37. The SMILES string of the molecule is Cc1ccc[c-]1C.[Cl-].[Cl-].[Ti+4].c1ccc2[cH-]c(-p3ccc4ccccc43)cc2c1. The van der Waals surface area contributed by atoms with Crippen molar-refractivity contribution < 1.29 is 46.5 Å². The zero-order valence-corrected chi connectivity index (χ0v) is 19.8. The van der Waals surface area contributed by atoms with Crippen LogP contribution in [0.5, 0.6) is 0 Å². The first-order valence-electron chi connectivity index (χ1n) is 8.63. The molecule has 1 unspecified atom stereocenters. The Morgan fingerprint density at radius 2 is 1.50 bits per heavy atom. The van der Waals surface area contributed by atoms with Crippen molar-refractivity contribution in [3.05, 3.63) is 102 Å². The van der Waals surface area contributed by atoms with Gasteiger partial charge < -0.3 is 24.8 Å². The number of hydrogen-bond acceptors (Lipinski definition) is 0. The molecule has 0 amide bonds. The van der Waals surface area contributed by atoms with Gasteiger partial charge in [-0.1, -0.05) is 49.5 Å². The summed E-state index contributed by atoms with van der Waals surface area (Å²) < 4.78 is 0. The van der Waals surface area contributed by atoms with E-state index in [0.29, 0.717) is 0 Å². The summed E-state index contributed by atoms with van der Waals surface area (Å²) in [6.45, 7) is 4.24. The Labute approximate surface area is 195 Å². The van der Waals surface area contributed by atoms with E-state index in [1.165, 1.54) is 37.7 Å². The van der Waals surface area contributed by atoms with Crippen LogP contribution in [0.2, 0.25) is 0 Å². The van der Waals surface area contributed by atoms with E-state index in [2.05, 4.69) is 105 Å². The van der Waals surface area contributed by atoms with E-state index < -0.39 is 0 Å². The molecule has 4 aromatic carbocycles. The molecule has 28 heavy (non-hydrogen) atoms. The molecule has 1 atom stereocenters. The Kier molecular flexibility index (Phi) is 9.78. The van der Waals surface area contributed by atoms with Gasteiger partial charge in [-0.3, -0.25) is 0 Å². The maximum Gasteiger partial charge on any atom is 4.00 e. The summed E-state index contributed by atoms with van der Waals surface area (Å²) in [4.78, 5) is 0. The Morgan fingerprint density at radius 1 is 0.821 bits per heavy atom. The third kappa shape index (κ3) is 5.21. The Bertz CT molecular complexity index is 1080. The largest absolute Gasteiger partial charge is 4.00 e. The zero-order chi connectivity index (χ0) is 17.2. The van der Waals surface area contributed by atoms with Crippen LogP contribution >= 0.6 is 7.53 Å². The Balaban J connectivity index is 0.000000341. The first kappa shape index (κ1) is 24.8. The molecule has 0 spiro atoms. The molecular formula is C24H21Cl2PTi. The minimum absolute atomic E-state index is 0. The molecule has 0 aliphatic rings. The van der Waals surface area contributed by atoms with E-state index >= 15 is 0 Å². The minimum Gasteiger partial charge on any atom is -1.00 e. The molecule has 0 fully saturated rings. The molecule has 0 aliphatic heterocycles. The topological polar surface area (TPSA) is 0 Å². The summed E-state index contributed by atoms with van der Waals surface area (Å²) in [5, 5.41) is 7.05. The van der Waals surface area contributed by atoms with Crippen molar-refractivity contribution in [3.8, 4) is 5.30 Å². The third-order valence-electron chi connectivity index (χ3n) is 4.79. The van der Waals surface area contributed by atoms with Gasteiger partial charge in [0.1, 0.15) is 0 Å². The van der Waals surface area contributed by atoms with Gasteiger partial charge in [-0.2, -0.15) is 23.3 Å². The molecule has 0 radical (unpaired) electrons. The van der Waals surface area contributed by atoms with Crippen LogP contribution in [0.4, 0.5) is 0 Å². The van der Waals surface area contributed by atoms with Crippen LogP contribution in [-0.4, -0.2) is 0 Å². The fourth-order valence-electron chi connectivity index (χ4n) is 3.18. The van der Waals surface area contributed by atoms with Gasteiger partial charge in [0, 0.05) is 5.12 Å². The van der Waals surface area contributed by atoms with Gasteiger partial charge in [0.25, 0.3) is 0 Å². The molecule has 0 N–H and O–H groups in total. The molecule has 0 nitrogen and oxygen atoms in total. The van der Waals surface area contributed by atoms with Crippen LogP contribution in [0.25, 0.3) is 26.6 Å². The predicted molar refractivity (Wildman–Crippen MR) is 113 cm³/mol. The van der Waals surface area contributed by atoms with Crippen LogP contribution in [-0.2, 0) is 21.7 Å². The number of fused-ring (bicyclic) bond motifs is 2. The molecule has 140 valence electrons. The van der Waals surface area contributed by atoms with Crippen molar-refractivity contribution in [1.82, 2.24) is 0 Å². The second-order valence-corrected chi connectivity index (χ2v) is 8.52. The average molecular weight is 459 g/mol. The molecule has 0 aliphatic carbocycles. The number of hydrogen-bond donors (Lipinski definition) is 0. The summed E-state index contributed by atoms with van der Waals surface area (Å²) in [5.74, 6) is 2.37. The summed E-state index contributed by atoms with van der Waals surface area (Å²) in [6.07, 6.45) is 0. The van der Waals surface area contributed by atoms with E-state index in [9.17, 15) is 0 Å². The molecule has 4 heteroatoms. The molecule has 0 saturated heterocycles. The molecule has 5 aromatic rings. The minimum atomic E-state index is -0.283. The van der Waals surface area contributed by atoms with Gasteiger partial charge in [0.2, 0.25) is 0 Å². The van der Waals surface area contributed by atoms with Crippen molar-refractivity contribution in [2.24, 2.45) is 0 Å². The Morgan fingerprint density at radius 3 is 2.11 bits per heavy atom. The molecule has 1 heterocycles. The van der Waals surface area contributed by atoms with E-state index in [1.54, 1.807) is 0 Å². The third-order valence-corrected chi connectivity index (χ3v) is 6.98. The summed E-state index contributed by atoms with van der Waals surface area (Å²) in [5.41, 5.74) is 2.78. The van der Waals surface area contributed by atoms with Gasteiger partial charge in [0.05, 0.1) is 0 Å². The second kappa shape index (κ2) is 11.1. The van der Waals surface area contributed by atoms with Crippen LogP contribution < -0.4 is 24.8 Å². The van der Waals surface area contributed by atoms with Gasteiger partial charge in [0.15, 0.2) is 0 Å². The van der Waals surface area contributed by atoms with Crippen LogP contribution in [0, 0.1) is 13.8 Å². The smallest absolute Gasteiger partial charge is 1.00 e. The van der Waals surface area contributed by atoms with Gasteiger partial charge in [-0.15, -0.1) is 42.6 Å². The summed E-state index contributed by atoms with van der Waals surface area (Å²) >= 11 is 0. The molecule has 0 saturated carbocycles. The van der Waals surface area contributed by atoms with Crippen LogP contribution in [0.1, 0.15) is 11.1 Å². The standard InChI is InChI=1S/C17H12P.C7H9.2ClH.Ti/c1-2-7-15-12-16(11-14(15)6-1)18-10-9-13-5-3-4-8-17(13)18;1-6-4-3-5-7(6)2;;;/h1-12H;3-5H,1-2H3;2*1H;/q2*-1;;;+4/p-2. The fourth-order valence-corrected chi connectivity index (χ4v) is 5.33. The van der Waals surface area contributed by atoms with E-state index in [0.717, 1.165) is 0 Å². The molecular weight excluding hydrogens is 438 g/mol. The van der Waals surface area contributed by atoms with Crippen molar-refractivity contribution in [3.63, 3.8) is 0 Å². The number of halogens is 2. The van der Waals surface area contributed by atoms with Crippen LogP contribution in [0.15, 0.2) is 90.7 Å². The number of aryl methyl sites for hydroxylation is 2. The van der Waals surface area contributed by atoms with Gasteiger partial charge in [-0.25, -0.2) is 12.1 Å². The monoisotopic (exact) mass is 458 g/mol. The second-order valence-electron chi connectivity index (χ2n) is 6.48. The molecule has 1 aromatic heterocycles. The summed E-state index contributed by atoms with van der Waals surface area (Å²) in [6, 6.07) is 30.6. The van der Waals surface area contributed by atoms with Gasteiger partial charge in [-0.05, 0) is 17.3 Å². The van der Waals surface area contributed by atoms with Crippen molar-refractivity contribution in [2.45, 2.75) is 13.8 Å². The first-order chi connectivity index (χ1) is 12.2. The summed E-state index contributed by atoms with van der Waals surface area (Å²) in [7, 11) is -0.283. The van der Waals surface area contributed by atoms with E-state index in [4.69, 9.17) is 0 Å². The Hall–Kier alpha value is -1.27. The average Bonchev–Trinajstić information content (AvgIpc) is 3.34.